The highest BCUT2D eigenvalue weighted by atomic mass is 16.1. The van der Waals surface area contributed by atoms with E-state index < -0.39 is 0 Å². The van der Waals surface area contributed by atoms with Gasteiger partial charge in [0.15, 0.2) is 0 Å². The van der Waals surface area contributed by atoms with Gasteiger partial charge in [-0.1, -0.05) is 42.0 Å². The van der Waals surface area contributed by atoms with Crippen molar-refractivity contribution in [1.29, 1.82) is 0 Å². The van der Waals surface area contributed by atoms with Gasteiger partial charge in [0.25, 0.3) is 5.91 Å². The van der Waals surface area contributed by atoms with Gasteiger partial charge in [0.05, 0.1) is 0 Å². The molecular weight excluding hydrogens is 322 g/mol. The van der Waals surface area contributed by atoms with Crippen LogP contribution < -0.4 is 10.6 Å². The lowest BCUT2D eigenvalue weighted by Gasteiger charge is -2.11. The predicted molar refractivity (Wildman–Crippen MR) is 106 cm³/mol. The molecule has 0 atom stereocenters. The molecule has 4 heteroatoms. The number of nitrogens with zero attached hydrogens (tertiary/aromatic N) is 1. The normalized spacial score (nSPS) is 10.4. The van der Waals surface area contributed by atoms with E-state index in [9.17, 15) is 4.79 Å². The lowest BCUT2D eigenvalue weighted by molar-refractivity contribution is 0.0946. The number of anilines is 2. The minimum atomic E-state index is -0.185. The molecule has 26 heavy (non-hydrogen) atoms. The molecule has 0 fully saturated rings. The number of pyridine rings is 1. The van der Waals surface area contributed by atoms with Crippen molar-refractivity contribution >= 4 is 17.3 Å². The quantitative estimate of drug-likeness (QED) is 0.706. The molecule has 132 valence electrons. The molecule has 0 saturated carbocycles. The Labute approximate surface area is 154 Å². The number of carbonyl (C=O) groups excluding carboxylic acids is 1. The van der Waals surface area contributed by atoms with Gasteiger partial charge in [-0.25, -0.2) is 0 Å². The molecule has 0 aliphatic carbocycles. The predicted octanol–water partition coefficient (Wildman–Crippen LogP) is 4.68. The van der Waals surface area contributed by atoms with Gasteiger partial charge in [-0.15, -0.1) is 0 Å². The monoisotopic (exact) mass is 345 g/mol. The van der Waals surface area contributed by atoms with Crippen LogP contribution >= 0.6 is 0 Å². The Balaban J connectivity index is 1.69. The molecule has 0 aliphatic rings. The average molecular weight is 345 g/mol. The smallest absolute Gasteiger partial charge is 0.270 e. The largest absolute Gasteiger partial charge is 0.355 e. The summed E-state index contributed by atoms with van der Waals surface area (Å²) in [5, 5.41) is 6.29. The summed E-state index contributed by atoms with van der Waals surface area (Å²) < 4.78 is 0. The van der Waals surface area contributed by atoms with Crippen molar-refractivity contribution in [3.05, 3.63) is 88.7 Å². The van der Waals surface area contributed by atoms with Crippen LogP contribution in [0.2, 0.25) is 0 Å². The molecule has 0 saturated heterocycles. The third-order valence-electron chi connectivity index (χ3n) is 4.24. The number of amides is 1. The topological polar surface area (TPSA) is 54.0 Å². The van der Waals surface area contributed by atoms with Crippen LogP contribution in [0.1, 0.15) is 32.7 Å². The van der Waals surface area contributed by atoms with Crippen LogP contribution in [-0.4, -0.2) is 10.9 Å². The molecule has 4 nitrogen and oxygen atoms in total. The summed E-state index contributed by atoms with van der Waals surface area (Å²) in [4.78, 5) is 16.6. The summed E-state index contributed by atoms with van der Waals surface area (Å²) in [5.41, 5.74) is 6.87. The molecule has 0 aliphatic heterocycles. The van der Waals surface area contributed by atoms with Crippen LogP contribution in [0.5, 0.6) is 0 Å². The minimum absolute atomic E-state index is 0.185. The SMILES string of the molecule is Cc1ccc(CNC(=O)c2cc(Nc3cc(C)ccc3C)ccn2)cc1. The Hall–Kier alpha value is -3.14. The van der Waals surface area contributed by atoms with E-state index in [1.165, 1.54) is 11.1 Å². The van der Waals surface area contributed by atoms with Gasteiger partial charge < -0.3 is 10.6 Å². The number of carbonyl (C=O) groups is 1. The van der Waals surface area contributed by atoms with Gasteiger partial charge in [0.1, 0.15) is 5.69 Å². The van der Waals surface area contributed by atoms with Crippen LogP contribution in [0.15, 0.2) is 60.8 Å². The minimum Gasteiger partial charge on any atom is -0.355 e. The van der Waals surface area contributed by atoms with Crippen molar-refractivity contribution in [1.82, 2.24) is 10.3 Å². The molecule has 0 spiro atoms. The highest BCUT2D eigenvalue weighted by molar-refractivity contribution is 5.93. The van der Waals surface area contributed by atoms with Crippen molar-refractivity contribution in [3.63, 3.8) is 0 Å². The number of aromatic nitrogens is 1. The third-order valence-corrected chi connectivity index (χ3v) is 4.24. The van der Waals surface area contributed by atoms with Gasteiger partial charge >= 0.3 is 0 Å². The van der Waals surface area contributed by atoms with E-state index in [1.54, 1.807) is 12.3 Å². The fourth-order valence-corrected chi connectivity index (χ4v) is 2.64. The van der Waals surface area contributed by atoms with Crippen molar-refractivity contribution in [3.8, 4) is 0 Å². The molecular formula is C22H23N3O. The summed E-state index contributed by atoms with van der Waals surface area (Å²) in [7, 11) is 0. The van der Waals surface area contributed by atoms with Crippen molar-refractivity contribution in [2.24, 2.45) is 0 Å². The third kappa shape index (κ3) is 4.48. The molecule has 0 bridgehead atoms. The zero-order chi connectivity index (χ0) is 18.5. The molecule has 2 aromatic carbocycles. The van der Waals surface area contributed by atoms with Crippen LogP contribution in [-0.2, 0) is 6.54 Å². The first-order chi connectivity index (χ1) is 12.5. The highest BCUT2D eigenvalue weighted by Crippen LogP contribution is 2.22. The number of hydrogen-bond donors (Lipinski definition) is 2. The van der Waals surface area contributed by atoms with Crippen molar-refractivity contribution in [2.45, 2.75) is 27.3 Å². The van der Waals surface area contributed by atoms with E-state index in [0.29, 0.717) is 12.2 Å². The summed E-state index contributed by atoms with van der Waals surface area (Å²) in [6.45, 7) is 6.63. The standard InChI is InChI=1S/C22H23N3O/c1-15-5-8-18(9-6-15)14-24-22(26)21-13-19(10-11-23-21)25-20-12-16(2)4-7-17(20)3/h4-13H,14H2,1-3H3,(H,23,25)(H,24,26). The van der Waals surface area contributed by atoms with E-state index in [1.807, 2.05) is 37.3 Å². The summed E-state index contributed by atoms with van der Waals surface area (Å²) in [6, 6.07) is 18.0. The Bertz CT molecular complexity index is 917. The fraction of sp³-hybridized carbons (Fsp3) is 0.182. The van der Waals surface area contributed by atoms with E-state index in [4.69, 9.17) is 0 Å². The zero-order valence-corrected chi connectivity index (χ0v) is 15.3. The van der Waals surface area contributed by atoms with Gasteiger partial charge in [0.2, 0.25) is 0 Å². The number of nitrogens with one attached hydrogen (secondary N) is 2. The second-order valence-electron chi connectivity index (χ2n) is 6.54. The van der Waals surface area contributed by atoms with Crippen molar-refractivity contribution < 1.29 is 4.79 Å². The maximum absolute atomic E-state index is 12.4. The lowest BCUT2D eigenvalue weighted by Crippen LogP contribution is -2.23. The van der Waals surface area contributed by atoms with Crippen molar-refractivity contribution in [2.75, 3.05) is 5.32 Å². The molecule has 1 heterocycles. The summed E-state index contributed by atoms with van der Waals surface area (Å²) in [5.74, 6) is -0.185. The first-order valence-corrected chi connectivity index (χ1v) is 8.65. The average Bonchev–Trinajstić information content (AvgIpc) is 2.64. The van der Waals surface area contributed by atoms with Gasteiger partial charge in [-0.05, 0) is 55.7 Å². The van der Waals surface area contributed by atoms with Gasteiger partial charge in [-0.2, -0.15) is 0 Å². The molecule has 0 radical (unpaired) electrons. The summed E-state index contributed by atoms with van der Waals surface area (Å²) in [6.07, 6.45) is 1.65. The van der Waals surface area contributed by atoms with Crippen LogP contribution in [0.25, 0.3) is 0 Å². The van der Waals surface area contributed by atoms with Gasteiger partial charge in [0, 0.05) is 24.1 Å². The number of benzene rings is 2. The second kappa shape index (κ2) is 7.83. The van der Waals surface area contributed by atoms with E-state index in [2.05, 4.69) is 47.7 Å². The number of rotatable bonds is 5. The maximum Gasteiger partial charge on any atom is 0.270 e. The van der Waals surface area contributed by atoms with Crippen LogP contribution in [0, 0.1) is 20.8 Å². The number of hydrogen-bond acceptors (Lipinski definition) is 3. The Kier molecular flexibility index (Phi) is 5.32. The molecule has 0 unspecified atom stereocenters. The van der Waals surface area contributed by atoms with Crippen LogP contribution in [0.4, 0.5) is 11.4 Å². The van der Waals surface area contributed by atoms with Gasteiger partial charge in [-0.3, -0.25) is 9.78 Å². The van der Waals surface area contributed by atoms with Crippen LogP contribution in [0.3, 0.4) is 0 Å². The molecule has 1 amide bonds. The van der Waals surface area contributed by atoms with E-state index in [0.717, 1.165) is 22.5 Å². The summed E-state index contributed by atoms with van der Waals surface area (Å²) >= 11 is 0. The first-order valence-electron chi connectivity index (χ1n) is 8.65. The highest BCUT2D eigenvalue weighted by Gasteiger charge is 2.08. The molecule has 1 aromatic heterocycles. The Morgan fingerprint density at radius 3 is 2.42 bits per heavy atom. The maximum atomic E-state index is 12.4. The van der Waals surface area contributed by atoms with E-state index in [-0.39, 0.29) is 5.91 Å². The fourth-order valence-electron chi connectivity index (χ4n) is 2.64. The molecule has 3 rings (SSSR count). The molecule has 3 aromatic rings. The first kappa shape index (κ1) is 17.7. The second-order valence-corrected chi connectivity index (χ2v) is 6.54. The number of aryl methyl sites for hydroxylation is 3. The molecule has 2 N–H and O–H groups in total. The lowest BCUT2D eigenvalue weighted by atomic mass is 10.1. The Morgan fingerprint density at radius 1 is 0.923 bits per heavy atom. The Morgan fingerprint density at radius 2 is 1.65 bits per heavy atom. The zero-order valence-electron chi connectivity index (χ0n) is 15.3. The van der Waals surface area contributed by atoms with E-state index >= 15 is 0 Å².